The molecule has 116 valence electrons. The van der Waals surface area contributed by atoms with Crippen molar-refractivity contribution in [2.75, 3.05) is 19.7 Å². The molecule has 3 nitrogen and oxygen atoms in total. The fraction of sp³-hybridized carbons (Fsp3) is 0.556. The molecule has 0 radical (unpaired) electrons. The number of aliphatic imine (C=N–C) groups is 2. The molecule has 0 fully saturated rings. The van der Waals surface area contributed by atoms with Crippen molar-refractivity contribution in [3.8, 4) is 0 Å². The largest absolute Gasteiger partial charge is 0.477 e. The van der Waals surface area contributed by atoms with Crippen LogP contribution in [-0.4, -0.2) is 31.3 Å². The normalized spacial score (nSPS) is 12.5. The molecule has 1 aromatic rings. The van der Waals surface area contributed by atoms with E-state index in [1.165, 1.54) is 0 Å². The zero-order valence-electron chi connectivity index (χ0n) is 13.6. The van der Waals surface area contributed by atoms with Gasteiger partial charge in [0.05, 0.1) is 6.61 Å². The number of nitrogens with zero attached hydrogens (tertiary/aromatic N) is 2. The van der Waals surface area contributed by atoms with Crippen LogP contribution in [0.15, 0.2) is 40.3 Å². The Hall–Kier alpha value is -1.64. The first-order valence-electron chi connectivity index (χ1n) is 8.10. The Labute approximate surface area is 129 Å². The van der Waals surface area contributed by atoms with Crippen molar-refractivity contribution < 1.29 is 4.74 Å². The molecule has 0 N–H and O–H groups in total. The lowest BCUT2D eigenvalue weighted by Gasteiger charge is -2.11. The van der Waals surface area contributed by atoms with Crippen molar-refractivity contribution in [3.05, 3.63) is 35.9 Å². The van der Waals surface area contributed by atoms with E-state index >= 15 is 0 Å². The van der Waals surface area contributed by atoms with E-state index in [2.05, 4.69) is 31.0 Å². The molecule has 0 amide bonds. The highest BCUT2D eigenvalue weighted by Crippen LogP contribution is 2.06. The topological polar surface area (TPSA) is 34.0 Å². The maximum absolute atomic E-state index is 5.76. The number of hydrogen-bond donors (Lipinski definition) is 0. The minimum Gasteiger partial charge on any atom is -0.477 e. The summed E-state index contributed by atoms with van der Waals surface area (Å²) in [6, 6.07) is 10.2. The maximum Gasteiger partial charge on any atom is 0.235 e. The van der Waals surface area contributed by atoms with E-state index in [4.69, 9.17) is 9.73 Å². The van der Waals surface area contributed by atoms with E-state index in [1.807, 2.05) is 25.1 Å². The van der Waals surface area contributed by atoms with Crippen molar-refractivity contribution in [3.63, 3.8) is 0 Å². The smallest absolute Gasteiger partial charge is 0.235 e. The molecule has 0 aliphatic heterocycles. The number of unbranched alkanes of at least 4 members (excludes halogenated alkanes) is 2. The summed E-state index contributed by atoms with van der Waals surface area (Å²) < 4.78 is 5.76. The van der Waals surface area contributed by atoms with Gasteiger partial charge in [0.25, 0.3) is 0 Å². The standard InChI is InChI=1S/C18H28N2O/c1-4-7-14-19-17(16-12-10-9-11-13-16)18(21-6-3)20-15-8-5-2/h9-13H,4-8,14-15H2,1-3H3. The van der Waals surface area contributed by atoms with Crippen LogP contribution in [0.4, 0.5) is 0 Å². The fourth-order valence-corrected chi connectivity index (χ4v) is 1.89. The van der Waals surface area contributed by atoms with Crippen LogP contribution in [0, 0.1) is 0 Å². The van der Waals surface area contributed by atoms with E-state index in [9.17, 15) is 0 Å². The van der Waals surface area contributed by atoms with Crippen molar-refractivity contribution in [1.82, 2.24) is 0 Å². The minimum atomic E-state index is 0.616. The van der Waals surface area contributed by atoms with Gasteiger partial charge in [0, 0.05) is 18.7 Å². The summed E-state index contributed by atoms with van der Waals surface area (Å²) in [7, 11) is 0. The zero-order chi connectivity index (χ0) is 15.3. The van der Waals surface area contributed by atoms with Crippen LogP contribution < -0.4 is 0 Å². The van der Waals surface area contributed by atoms with E-state index in [0.717, 1.165) is 50.0 Å². The van der Waals surface area contributed by atoms with Crippen molar-refractivity contribution >= 4 is 11.6 Å². The Morgan fingerprint density at radius 3 is 2.10 bits per heavy atom. The molecule has 0 unspecified atom stereocenters. The summed E-state index contributed by atoms with van der Waals surface area (Å²) >= 11 is 0. The Morgan fingerprint density at radius 2 is 1.52 bits per heavy atom. The quantitative estimate of drug-likeness (QED) is 0.374. The Morgan fingerprint density at radius 1 is 0.905 bits per heavy atom. The van der Waals surface area contributed by atoms with Gasteiger partial charge >= 0.3 is 0 Å². The molecule has 0 atom stereocenters. The summed E-state index contributed by atoms with van der Waals surface area (Å²) in [6.45, 7) is 8.57. The highest BCUT2D eigenvalue weighted by Gasteiger charge is 2.12. The lowest BCUT2D eigenvalue weighted by molar-refractivity contribution is 0.332. The van der Waals surface area contributed by atoms with Crippen molar-refractivity contribution in [2.24, 2.45) is 9.98 Å². The number of ether oxygens (including phenoxy) is 1. The third-order valence-electron chi connectivity index (χ3n) is 3.08. The summed E-state index contributed by atoms with van der Waals surface area (Å²) in [5.41, 5.74) is 1.97. The van der Waals surface area contributed by atoms with Crippen LogP contribution in [0.5, 0.6) is 0 Å². The van der Waals surface area contributed by atoms with Gasteiger partial charge in [-0.1, -0.05) is 57.0 Å². The summed E-state index contributed by atoms with van der Waals surface area (Å²) in [5, 5.41) is 0. The van der Waals surface area contributed by atoms with Crippen LogP contribution >= 0.6 is 0 Å². The van der Waals surface area contributed by atoms with Crippen LogP contribution in [0.1, 0.15) is 52.0 Å². The molecule has 1 rings (SSSR count). The summed E-state index contributed by atoms with van der Waals surface area (Å²) in [6.07, 6.45) is 4.44. The molecule has 0 saturated carbocycles. The van der Waals surface area contributed by atoms with Gasteiger partial charge in [-0.2, -0.15) is 0 Å². The van der Waals surface area contributed by atoms with Gasteiger partial charge in [-0.05, 0) is 19.8 Å². The highest BCUT2D eigenvalue weighted by atomic mass is 16.5. The Bertz CT molecular complexity index is 438. The van der Waals surface area contributed by atoms with Gasteiger partial charge in [0.2, 0.25) is 5.90 Å². The Balaban J connectivity index is 3.00. The summed E-state index contributed by atoms with van der Waals surface area (Å²) in [4.78, 5) is 9.36. The molecule has 3 heteroatoms. The minimum absolute atomic E-state index is 0.616. The molecule has 0 heterocycles. The number of rotatable bonds is 9. The van der Waals surface area contributed by atoms with Crippen LogP contribution in [0.25, 0.3) is 0 Å². The monoisotopic (exact) mass is 288 g/mol. The molecule has 0 spiro atoms. The maximum atomic E-state index is 5.76. The highest BCUT2D eigenvalue weighted by molar-refractivity contribution is 6.45. The second-order valence-electron chi connectivity index (χ2n) is 4.92. The molecular formula is C18H28N2O. The van der Waals surface area contributed by atoms with Crippen LogP contribution in [0.3, 0.4) is 0 Å². The van der Waals surface area contributed by atoms with Gasteiger partial charge in [0.15, 0.2) is 0 Å². The summed E-state index contributed by atoms with van der Waals surface area (Å²) in [5.74, 6) is 0.688. The first kappa shape index (κ1) is 17.4. The van der Waals surface area contributed by atoms with E-state index in [1.54, 1.807) is 0 Å². The lowest BCUT2D eigenvalue weighted by atomic mass is 10.1. The number of hydrogen-bond acceptors (Lipinski definition) is 3. The molecule has 0 saturated heterocycles. The zero-order valence-corrected chi connectivity index (χ0v) is 13.6. The second-order valence-corrected chi connectivity index (χ2v) is 4.92. The molecule has 0 aliphatic rings. The van der Waals surface area contributed by atoms with Gasteiger partial charge in [0.1, 0.15) is 5.71 Å². The average Bonchev–Trinajstić information content (AvgIpc) is 2.52. The van der Waals surface area contributed by atoms with Crippen LogP contribution in [0.2, 0.25) is 0 Å². The molecule has 0 aromatic heterocycles. The SMILES string of the molecule is CCCCN=C(OCC)C(=NCCCC)c1ccccc1. The third kappa shape index (κ3) is 6.56. The van der Waals surface area contributed by atoms with Gasteiger partial charge in [-0.15, -0.1) is 0 Å². The van der Waals surface area contributed by atoms with E-state index < -0.39 is 0 Å². The van der Waals surface area contributed by atoms with Gasteiger partial charge in [-0.25, -0.2) is 4.99 Å². The average molecular weight is 288 g/mol. The van der Waals surface area contributed by atoms with Gasteiger partial charge < -0.3 is 4.74 Å². The van der Waals surface area contributed by atoms with E-state index in [-0.39, 0.29) is 0 Å². The molecular weight excluding hydrogens is 260 g/mol. The molecule has 21 heavy (non-hydrogen) atoms. The lowest BCUT2D eigenvalue weighted by Crippen LogP contribution is -2.20. The third-order valence-corrected chi connectivity index (χ3v) is 3.08. The van der Waals surface area contributed by atoms with Crippen molar-refractivity contribution in [1.29, 1.82) is 0 Å². The first-order chi connectivity index (χ1) is 10.3. The van der Waals surface area contributed by atoms with Crippen molar-refractivity contribution in [2.45, 2.75) is 46.5 Å². The second kappa shape index (κ2) is 11.1. The van der Waals surface area contributed by atoms with Gasteiger partial charge in [-0.3, -0.25) is 4.99 Å². The van der Waals surface area contributed by atoms with E-state index in [0.29, 0.717) is 12.5 Å². The molecule has 0 aliphatic carbocycles. The molecule has 0 bridgehead atoms. The predicted octanol–water partition coefficient (Wildman–Crippen LogP) is 4.51. The Kier molecular flexibility index (Phi) is 9.18. The first-order valence-corrected chi connectivity index (χ1v) is 8.10. The fourth-order valence-electron chi connectivity index (χ4n) is 1.89. The molecule has 1 aromatic carbocycles. The number of benzene rings is 1. The predicted molar refractivity (Wildman–Crippen MR) is 91.6 cm³/mol. The van der Waals surface area contributed by atoms with Crippen LogP contribution in [-0.2, 0) is 4.74 Å².